The molecule has 1 amide bonds. The van der Waals surface area contributed by atoms with Crippen LogP contribution in [0.1, 0.15) is 32.3 Å². The van der Waals surface area contributed by atoms with Crippen molar-refractivity contribution in [3.63, 3.8) is 0 Å². The van der Waals surface area contributed by atoms with Crippen molar-refractivity contribution < 1.29 is 19.1 Å². The molecule has 0 spiro atoms. The van der Waals surface area contributed by atoms with Gasteiger partial charge < -0.3 is 14.4 Å². The predicted molar refractivity (Wildman–Crippen MR) is 88.0 cm³/mol. The summed E-state index contributed by atoms with van der Waals surface area (Å²) in [5.74, 6) is 0.256. The van der Waals surface area contributed by atoms with Gasteiger partial charge in [-0.3, -0.25) is 9.59 Å². The van der Waals surface area contributed by atoms with E-state index >= 15 is 0 Å². The molecule has 0 heterocycles. The molecule has 0 saturated carbocycles. The number of benzene rings is 1. The van der Waals surface area contributed by atoms with Crippen molar-refractivity contribution in [3.05, 3.63) is 28.2 Å². The van der Waals surface area contributed by atoms with Crippen molar-refractivity contribution in [3.8, 4) is 5.75 Å². The summed E-state index contributed by atoms with van der Waals surface area (Å²) in [5.41, 5.74) is 1.02. The van der Waals surface area contributed by atoms with Gasteiger partial charge in [0.15, 0.2) is 6.61 Å². The predicted octanol–water partition coefficient (Wildman–Crippen LogP) is 2.97. The maximum absolute atomic E-state index is 12.0. The Morgan fingerprint density at radius 3 is 2.59 bits per heavy atom. The number of amides is 1. The number of esters is 1. The van der Waals surface area contributed by atoms with E-state index < -0.39 is 5.97 Å². The fraction of sp³-hybridized carbons (Fsp3) is 0.500. The van der Waals surface area contributed by atoms with Crippen LogP contribution in [-0.2, 0) is 14.3 Å². The molecule has 0 fully saturated rings. The SMILES string of the molecule is CCOC(=O)CN(C)C(=O)COc1ccc(Br)cc1C(C)C. The summed E-state index contributed by atoms with van der Waals surface area (Å²) in [4.78, 5) is 24.6. The molecule has 0 bridgehead atoms. The highest BCUT2D eigenvalue weighted by Crippen LogP contribution is 2.29. The van der Waals surface area contributed by atoms with E-state index in [1.54, 1.807) is 14.0 Å². The monoisotopic (exact) mass is 371 g/mol. The second kappa shape index (κ2) is 8.78. The van der Waals surface area contributed by atoms with Gasteiger partial charge in [-0.2, -0.15) is 0 Å². The Labute approximate surface area is 139 Å². The van der Waals surface area contributed by atoms with E-state index in [0.717, 1.165) is 10.0 Å². The minimum atomic E-state index is -0.426. The van der Waals surface area contributed by atoms with Crippen LogP contribution in [0.2, 0.25) is 0 Å². The van der Waals surface area contributed by atoms with Crippen molar-refractivity contribution in [1.82, 2.24) is 4.90 Å². The number of rotatable bonds is 7. The van der Waals surface area contributed by atoms with Crippen LogP contribution in [0.4, 0.5) is 0 Å². The second-order valence-electron chi connectivity index (χ2n) is 5.18. The molecule has 1 rings (SSSR count). The molecule has 0 atom stereocenters. The molecule has 0 aliphatic heterocycles. The zero-order valence-corrected chi connectivity index (χ0v) is 15.0. The van der Waals surface area contributed by atoms with Crippen LogP contribution in [0.5, 0.6) is 5.75 Å². The lowest BCUT2D eigenvalue weighted by Crippen LogP contribution is -2.36. The second-order valence-corrected chi connectivity index (χ2v) is 6.10. The van der Waals surface area contributed by atoms with Gasteiger partial charge in [0.2, 0.25) is 0 Å². The molecule has 0 saturated heterocycles. The number of hydrogen-bond donors (Lipinski definition) is 0. The summed E-state index contributed by atoms with van der Waals surface area (Å²) in [7, 11) is 1.55. The highest BCUT2D eigenvalue weighted by atomic mass is 79.9. The zero-order valence-electron chi connectivity index (χ0n) is 13.4. The van der Waals surface area contributed by atoms with Gasteiger partial charge in [-0.25, -0.2) is 0 Å². The molecule has 0 aliphatic carbocycles. The average Bonchev–Trinajstić information content (AvgIpc) is 2.45. The summed E-state index contributed by atoms with van der Waals surface area (Å²) in [6, 6.07) is 5.68. The Morgan fingerprint density at radius 2 is 2.00 bits per heavy atom. The normalized spacial score (nSPS) is 10.5. The Bertz CT molecular complexity index is 531. The van der Waals surface area contributed by atoms with Crippen molar-refractivity contribution in [1.29, 1.82) is 0 Å². The van der Waals surface area contributed by atoms with Gasteiger partial charge in [0.25, 0.3) is 5.91 Å². The van der Waals surface area contributed by atoms with Crippen LogP contribution < -0.4 is 4.74 Å². The largest absolute Gasteiger partial charge is 0.483 e. The summed E-state index contributed by atoms with van der Waals surface area (Å²) < 4.78 is 11.4. The lowest BCUT2D eigenvalue weighted by molar-refractivity contribution is -0.148. The summed E-state index contributed by atoms with van der Waals surface area (Å²) in [5, 5.41) is 0. The Hall–Kier alpha value is -1.56. The molecule has 22 heavy (non-hydrogen) atoms. The number of halogens is 1. The molecular weight excluding hydrogens is 350 g/mol. The number of hydrogen-bond acceptors (Lipinski definition) is 4. The Morgan fingerprint density at radius 1 is 1.32 bits per heavy atom. The first-order valence-corrected chi connectivity index (χ1v) is 7.96. The standard InChI is InChI=1S/C16H22BrNO4/c1-5-21-16(20)9-18(4)15(19)10-22-14-7-6-12(17)8-13(14)11(2)3/h6-8,11H,5,9-10H2,1-4H3. The molecule has 0 aliphatic rings. The minimum absolute atomic E-state index is 0.0760. The Balaban J connectivity index is 2.62. The van der Waals surface area contributed by atoms with Crippen molar-refractivity contribution in [2.75, 3.05) is 26.8 Å². The van der Waals surface area contributed by atoms with E-state index in [4.69, 9.17) is 9.47 Å². The highest BCUT2D eigenvalue weighted by Gasteiger charge is 2.16. The van der Waals surface area contributed by atoms with Crippen LogP contribution in [0, 0.1) is 0 Å². The van der Waals surface area contributed by atoms with Crippen molar-refractivity contribution in [2.24, 2.45) is 0 Å². The molecular formula is C16H22BrNO4. The van der Waals surface area contributed by atoms with E-state index in [1.807, 2.05) is 18.2 Å². The molecule has 0 radical (unpaired) electrons. The quantitative estimate of drug-likeness (QED) is 0.691. The van der Waals surface area contributed by atoms with Crippen molar-refractivity contribution in [2.45, 2.75) is 26.7 Å². The fourth-order valence-corrected chi connectivity index (χ4v) is 2.22. The van der Waals surface area contributed by atoms with Crippen molar-refractivity contribution >= 4 is 27.8 Å². The molecule has 0 aromatic heterocycles. The van der Waals surface area contributed by atoms with Gasteiger partial charge >= 0.3 is 5.97 Å². The number of carbonyl (C=O) groups is 2. The van der Waals surface area contributed by atoms with Gasteiger partial charge in [0.1, 0.15) is 12.3 Å². The smallest absolute Gasteiger partial charge is 0.325 e. The topological polar surface area (TPSA) is 55.8 Å². The first-order chi connectivity index (χ1) is 10.3. The molecule has 1 aromatic carbocycles. The van der Waals surface area contributed by atoms with E-state index in [-0.39, 0.29) is 25.0 Å². The zero-order chi connectivity index (χ0) is 16.7. The third kappa shape index (κ3) is 5.67. The molecule has 0 N–H and O–H groups in total. The minimum Gasteiger partial charge on any atom is -0.483 e. The van der Waals surface area contributed by atoms with E-state index in [2.05, 4.69) is 29.8 Å². The number of ether oxygens (including phenoxy) is 2. The van der Waals surface area contributed by atoms with Gasteiger partial charge in [0, 0.05) is 11.5 Å². The number of carbonyl (C=O) groups excluding carboxylic acids is 2. The summed E-state index contributed by atoms with van der Waals surface area (Å²) in [6.45, 7) is 5.95. The van der Waals surface area contributed by atoms with Crippen LogP contribution in [-0.4, -0.2) is 43.6 Å². The van der Waals surface area contributed by atoms with Crippen LogP contribution in [0.3, 0.4) is 0 Å². The van der Waals surface area contributed by atoms with Gasteiger partial charge in [-0.15, -0.1) is 0 Å². The summed E-state index contributed by atoms with van der Waals surface area (Å²) >= 11 is 3.43. The lowest BCUT2D eigenvalue weighted by Gasteiger charge is -2.18. The maximum Gasteiger partial charge on any atom is 0.325 e. The van der Waals surface area contributed by atoms with Crippen LogP contribution in [0.15, 0.2) is 22.7 Å². The Kier molecular flexibility index (Phi) is 7.38. The average molecular weight is 372 g/mol. The highest BCUT2D eigenvalue weighted by molar-refractivity contribution is 9.10. The van der Waals surface area contributed by atoms with Gasteiger partial charge in [0.05, 0.1) is 6.61 Å². The first kappa shape index (κ1) is 18.5. The maximum atomic E-state index is 12.0. The molecule has 0 unspecified atom stereocenters. The van der Waals surface area contributed by atoms with Gasteiger partial charge in [-0.1, -0.05) is 29.8 Å². The van der Waals surface area contributed by atoms with E-state index in [9.17, 15) is 9.59 Å². The van der Waals surface area contributed by atoms with E-state index in [1.165, 1.54) is 4.90 Å². The van der Waals surface area contributed by atoms with E-state index in [0.29, 0.717) is 12.4 Å². The van der Waals surface area contributed by atoms with Crippen LogP contribution in [0.25, 0.3) is 0 Å². The molecule has 1 aromatic rings. The molecule has 6 heteroatoms. The fourth-order valence-electron chi connectivity index (χ4n) is 1.84. The first-order valence-electron chi connectivity index (χ1n) is 7.17. The van der Waals surface area contributed by atoms with Gasteiger partial charge in [-0.05, 0) is 36.6 Å². The summed E-state index contributed by atoms with van der Waals surface area (Å²) in [6.07, 6.45) is 0. The molecule has 5 nitrogen and oxygen atoms in total. The third-order valence-electron chi connectivity index (χ3n) is 3.04. The number of nitrogens with zero attached hydrogens (tertiary/aromatic N) is 1. The lowest BCUT2D eigenvalue weighted by atomic mass is 10.0. The van der Waals surface area contributed by atoms with Crippen LogP contribution >= 0.6 is 15.9 Å². The number of likely N-dealkylation sites (N-methyl/N-ethyl adjacent to an activating group) is 1. The molecule has 122 valence electrons. The third-order valence-corrected chi connectivity index (χ3v) is 3.54.